The molecule has 0 aliphatic heterocycles. The van der Waals surface area contributed by atoms with Gasteiger partial charge in [-0.3, -0.25) is 4.79 Å². The Labute approximate surface area is 98.6 Å². The van der Waals surface area contributed by atoms with E-state index in [1.807, 2.05) is 0 Å². The Balaban J connectivity index is 2.49. The fourth-order valence-electron chi connectivity index (χ4n) is 1.72. The highest BCUT2D eigenvalue weighted by atomic mass is 16.5. The third kappa shape index (κ3) is 2.38. The van der Waals surface area contributed by atoms with Gasteiger partial charge in [0, 0.05) is 11.6 Å². The molecule has 0 saturated heterocycles. The molecule has 5 heteroatoms. The molecule has 0 amide bonds. The van der Waals surface area contributed by atoms with E-state index in [0.29, 0.717) is 23.2 Å². The van der Waals surface area contributed by atoms with E-state index in [0.717, 1.165) is 12.0 Å². The zero-order valence-electron chi connectivity index (χ0n) is 9.86. The summed E-state index contributed by atoms with van der Waals surface area (Å²) in [5.74, 6) is 1.37. The molecule has 0 saturated carbocycles. The molecule has 0 bridgehead atoms. The van der Waals surface area contributed by atoms with Crippen molar-refractivity contribution in [3.05, 3.63) is 34.1 Å². The molecule has 0 atom stereocenters. The smallest absolute Gasteiger partial charge is 0.248 e. The highest BCUT2D eigenvalue weighted by Gasteiger charge is 2.17. The van der Waals surface area contributed by atoms with E-state index in [2.05, 4.69) is 24.0 Å². The average Bonchev–Trinajstić information content (AvgIpc) is 2.60. The van der Waals surface area contributed by atoms with Crippen LogP contribution in [0.3, 0.4) is 0 Å². The second-order valence-corrected chi connectivity index (χ2v) is 4.40. The number of anilines is 1. The van der Waals surface area contributed by atoms with Crippen molar-refractivity contribution in [1.29, 1.82) is 0 Å². The minimum absolute atomic E-state index is 0.173. The van der Waals surface area contributed by atoms with Crippen LogP contribution >= 0.6 is 0 Å². The van der Waals surface area contributed by atoms with E-state index < -0.39 is 0 Å². The monoisotopic (exact) mass is 233 g/mol. The first-order valence-electron chi connectivity index (χ1n) is 5.51. The predicted molar refractivity (Wildman–Crippen MR) is 65.5 cm³/mol. The number of nitrogens with zero attached hydrogens (tertiary/aromatic N) is 1. The molecule has 5 nitrogen and oxygen atoms in total. The van der Waals surface area contributed by atoms with Crippen LogP contribution in [0.15, 0.2) is 27.5 Å². The molecule has 2 aromatic heterocycles. The lowest BCUT2D eigenvalue weighted by Gasteiger charge is -2.04. The minimum Gasteiger partial charge on any atom is -0.381 e. The maximum absolute atomic E-state index is 11.3. The van der Waals surface area contributed by atoms with Crippen LogP contribution in [0.2, 0.25) is 0 Å². The van der Waals surface area contributed by atoms with Crippen molar-refractivity contribution in [3.63, 3.8) is 0 Å². The number of nitrogen functional groups attached to an aromatic ring is 1. The summed E-state index contributed by atoms with van der Waals surface area (Å²) in [6.07, 6.45) is 0.765. The molecule has 2 heterocycles. The Hall–Kier alpha value is -2.04. The second-order valence-electron chi connectivity index (χ2n) is 4.40. The topological polar surface area (TPSA) is 84.9 Å². The maximum atomic E-state index is 11.3. The van der Waals surface area contributed by atoms with Gasteiger partial charge in [-0.15, -0.1) is 0 Å². The van der Waals surface area contributed by atoms with Gasteiger partial charge in [-0.25, -0.2) is 0 Å². The lowest BCUT2D eigenvalue weighted by Crippen LogP contribution is -2.05. The first-order chi connectivity index (χ1) is 8.08. The number of hydrogen-bond acceptors (Lipinski definition) is 4. The lowest BCUT2D eigenvalue weighted by molar-refractivity contribution is 0.433. The van der Waals surface area contributed by atoms with Crippen LogP contribution in [0.5, 0.6) is 0 Å². The summed E-state index contributed by atoms with van der Waals surface area (Å²) in [6, 6.07) is 4.89. The molecular formula is C12H15N3O2. The average molecular weight is 233 g/mol. The molecule has 0 aliphatic carbocycles. The molecule has 2 rings (SSSR count). The van der Waals surface area contributed by atoms with Crippen molar-refractivity contribution >= 4 is 5.82 Å². The van der Waals surface area contributed by atoms with Gasteiger partial charge in [0.15, 0.2) is 11.6 Å². The summed E-state index contributed by atoms with van der Waals surface area (Å²) in [5.41, 5.74) is 7.05. The molecule has 0 unspecified atom stereocenters. The molecule has 3 N–H and O–H groups in total. The summed E-state index contributed by atoms with van der Waals surface area (Å²) in [5, 5.41) is 3.76. The number of aromatic nitrogens is 2. The first-order valence-corrected chi connectivity index (χ1v) is 5.51. The summed E-state index contributed by atoms with van der Waals surface area (Å²) >= 11 is 0. The van der Waals surface area contributed by atoms with Crippen molar-refractivity contribution in [2.45, 2.75) is 20.3 Å². The summed E-state index contributed by atoms with van der Waals surface area (Å²) < 4.78 is 5.19. The van der Waals surface area contributed by atoms with Crippen molar-refractivity contribution in [2.75, 3.05) is 5.73 Å². The van der Waals surface area contributed by atoms with Crippen molar-refractivity contribution in [1.82, 2.24) is 10.1 Å². The van der Waals surface area contributed by atoms with Crippen LogP contribution in [-0.2, 0) is 6.42 Å². The second kappa shape index (κ2) is 4.45. The van der Waals surface area contributed by atoms with Gasteiger partial charge in [0.1, 0.15) is 0 Å². The van der Waals surface area contributed by atoms with Crippen LogP contribution in [0.4, 0.5) is 5.82 Å². The molecule has 0 aliphatic rings. The Morgan fingerprint density at radius 3 is 2.88 bits per heavy atom. The Bertz CT molecular complexity index is 569. The van der Waals surface area contributed by atoms with Crippen molar-refractivity contribution < 1.29 is 4.52 Å². The number of H-pyrrole nitrogens is 1. The van der Waals surface area contributed by atoms with E-state index in [9.17, 15) is 4.79 Å². The third-order valence-electron chi connectivity index (χ3n) is 2.44. The van der Waals surface area contributed by atoms with E-state index in [4.69, 9.17) is 10.3 Å². The number of rotatable bonds is 3. The van der Waals surface area contributed by atoms with Gasteiger partial charge in [0.2, 0.25) is 5.56 Å². The summed E-state index contributed by atoms with van der Waals surface area (Å²) in [4.78, 5) is 14.0. The molecule has 90 valence electrons. The highest BCUT2D eigenvalue weighted by Crippen LogP contribution is 2.27. The molecule has 17 heavy (non-hydrogen) atoms. The summed E-state index contributed by atoms with van der Waals surface area (Å²) in [6.45, 7) is 4.17. The van der Waals surface area contributed by atoms with E-state index >= 15 is 0 Å². The van der Waals surface area contributed by atoms with Crippen LogP contribution in [0.25, 0.3) is 11.5 Å². The molecule has 0 aromatic carbocycles. The normalized spacial score (nSPS) is 11.0. The predicted octanol–water partition coefficient (Wildman–Crippen LogP) is 1.81. The van der Waals surface area contributed by atoms with Crippen LogP contribution in [-0.4, -0.2) is 10.1 Å². The number of hydrogen-bond donors (Lipinski definition) is 2. The van der Waals surface area contributed by atoms with Gasteiger partial charge in [-0.2, -0.15) is 0 Å². The highest BCUT2D eigenvalue weighted by molar-refractivity contribution is 5.62. The number of nitrogens with two attached hydrogens (primary N) is 1. The molecule has 0 fully saturated rings. The van der Waals surface area contributed by atoms with Crippen molar-refractivity contribution in [3.8, 4) is 11.5 Å². The number of nitrogens with one attached hydrogen (secondary N) is 1. The first kappa shape index (κ1) is 11.4. The Morgan fingerprint density at radius 2 is 2.24 bits per heavy atom. The molecule has 0 radical (unpaired) electrons. The van der Waals surface area contributed by atoms with Gasteiger partial charge in [0.25, 0.3) is 0 Å². The van der Waals surface area contributed by atoms with Gasteiger partial charge in [-0.05, 0) is 18.4 Å². The van der Waals surface area contributed by atoms with E-state index in [1.165, 1.54) is 6.07 Å². The molecule has 2 aromatic rings. The number of aromatic amines is 1. The maximum Gasteiger partial charge on any atom is 0.248 e. The van der Waals surface area contributed by atoms with Crippen LogP contribution in [0.1, 0.15) is 19.4 Å². The fraction of sp³-hybridized carbons (Fsp3) is 0.333. The van der Waals surface area contributed by atoms with Crippen LogP contribution < -0.4 is 11.3 Å². The van der Waals surface area contributed by atoms with Crippen LogP contribution in [0, 0.1) is 5.92 Å². The summed E-state index contributed by atoms with van der Waals surface area (Å²) in [7, 11) is 0. The standard InChI is InChI=1S/C12H15N3O2/c1-7(2)6-8-11(17-15-12(8)13)9-4-3-5-10(16)14-9/h3-5,7H,6H2,1-2H3,(H2,13,15)(H,14,16). The zero-order valence-corrected chi connectivity index (χ0v) is 9.86. The Morgan fingerprint density at radius 1 is 1.47 bits per heavy atom. The third-order valence-corrected chi connectivity index (χ3v) is 2.44. The largest absolute Gasteiger partial charge is 0.381 e. The zero-order chi connectivity index (χ0) is 12.4. The van der Waals surface area contributed by atoms with E-state index in [-0.39, 0.29) is 5.56 Å². The SMILES string of the molecule is CC(C)Cc1c(N)noc1-c1cccc(=O)[nH]1. The quantitative estimate of drug-likeness (QED) is 0.846. The van der Waals surface area contributed by atoms with E-state index in [1.54, 1.807) is 12.1 Å². The Kier molecular flexibility index (Phi) is 2.99. The lowest BCUT2D eigenvalue weighted by atomic mass is 10.0. The van der Waals surface area contributed by atoms with Gasteiger partial charge >= 0.3 is 0 Å². The molecule has 0 spiro atoms. The number of pyridine rings is 1. The van der Waals surface area contributed by atoms with Gasteiger partial charge < -0.3 is 15.2 Å². The minimum atomic E-state index is -0.173. The van der Waals surface area contributed by atoms with Crippen molar-refractivity contribution in [2.24, 2.45) is 5.92 Å². The van der Waals surface area contributed by atoms with Gasteiger partial charge in [0.05, 0.1) is 5.69 Å². The fourth-order valence-corrected chi connectivity index (χ4v) is 1.72. The van der Waals surface area contributed by atoms with Gasteiger partial charge in [-0.1, -0.05) is 25.1 Å². The molecular weight excluding hydrogens is 218 g/mol.